The molecule has 0 aliphatic carbocycles. The highest BCUT2D eigenvalue weighted by Gasteiger charge is 2.47. The number of thiophene rings is 1. The third kappa shape index (κ3) is 4.11. The van der Waals surface area contributed by atoms with Crippen molar-refractivity contribution in [2.45, 2.75) is 24.6 Å². The summed E-state index contributed by atoms with van der Waals surface area (Å²) in [6.07, 6.45) is 0.118. The van der Waals surface area contributed by atoms with Crippen LogP contribution in [0.15, 0.2) is 103 Å². The van der Waals surface area contributed by atoms with Crippen LogP contribution in [0.1, 0.15) is 33.3 Å². The number of nitrogens with zero attached hydrogens (tertiary/aromatic N) is 3. The van der Waals surface area contributed by atoms with E-state index in [9.17, 15) is 13.6 Å². The Bertz CT molecular complexity index is 1620. The summed E-state index contributed by atoms with van der Waals surface area (Å²) in [5, 5.41) is 7.78. The number of anilines is 1. The first-order valence-electron chi connectivity index (χ1n) is 13.4. The van der Waals surface area contributed by atoms with Crippen LogP contribution in [0.2, 0.25) is 0 Å². The fourth-order valence-electron chi connectivity index (χ4n) is 6.00. The van der Waals surface area contributed by atoms with Gasteiger partial charge in [-0.05, 0) is 23.6 Å². The minimum Gasteiger partial charge on any atom is -0.427 e. The van der Waals surface area contributed by atoms with Crippen LogP contribution >= 0.6 is 11.3 Å². The highest BCUT2D eigenvalue weighted by Crippen LogP contribution is 2.53. The Kier molecular flexibility index (Phi) is 5.93. The summed E-state index contributed by atoms with van der Waals surface area (Å²) in [6.45, 7) is 1.46. The lowest BCUT2D eigenvalue weighted by Gasteiger charge is -2.36. The molecule has 7 rings (SSSR count). The zero-order valence-corrected chi connectivity index (χ0v) is 22.9. The molecule has 1 amide bonds. The summed E-state index contributed by atoms with van der Waals surface area (Å²) in [4.78, 5) is 15.5. The molecule has 206 valence electrons. The van der Waals surface area contributed by atoms with Gasteiger partial charge in [-0.25, -0.2) is 0 Å². The van der Waals surface area contributed by atoms with E-state index in [0.29, 0.717) is 21.0 Å². The quantitative estimate of drug-likeness (QED) is 0.250. The smallest absolute Gasteiger partial charge is 0.416 e. The van der Waals surface area contributed by atoms with E-state index < -0.39 is 18.2 Å². The third-order valence-electron chi connectivity index (χ3n) is 7.62. The van der Waals surface area contributed by atoms with Crippen molar-refractivity contribution in [1.82, 2.24) is 15.1 Å². The Hall–Kier alpha value is -4.50. The Morgan fingerprint density at radius 2 is 1.49 bits per heavy atom. The van der Waals surface area contributed by atoms with Crippen molar-refractivity contribution < 1.29 is 18.3 Å². The molecule has 9 heteroatoms. The molecule has 0 spiro atoms. The minimum absolute atomic E-state index is 0.0229. The number of carbonyl (C=O) groups excluding carboxylic acids is 1. The summed E-state index contributed by atoms with van der Waals surface area (Å²) in [5.41, 5.74) is 3.10. The van der Waals surface area contributed by atoms with Gasteiger partial charge in [0.1, 0.15) is 22.6 Å². The van der Waals surface area contributed by atoms with Crippen molar-refractivity contribution in [3.05, 3.63) is 125 Å². The van der Waals surface area contributed by atoms with Crippen molar-refractivity contribution in [2.24, 2.45) is 0 Å². The zero-order valence-electron chi connectivity index (χ0n) is 22.1. The number of amides is 1. The number of hydrogen-bond donors (Lipinski definition) is 1. The van der Waals surface area contributed by atoms with Gasteiger partial charge in [0.2, 0.25) is 0 Å². The molecule has 1 N–H and O–H groups in total. The van der Waals surface area contributed by atoms with Crippen LogP contribution in [0.25, 0.3) is 10.4 Å². The number of hydrogen-bond acceptors (Lipinski definition) is 5. The molecule has 2 aliphatic rings. The second kappa shape index (κ2) is 9.55. The van der Waals surface area contributed by atoms with E-state index in [2.05, 4.69) is 41.7 Å². The monoisotopic (exact) mass is 568 g/mol. The van der Waals surface area contributed by atoms with Crippen LogP contribution in [0, 0.1) is 0 Å². The molecular weight excluding hydrogens is 542 g/mol. The number of rotatable bonds is 5. The van der Waals surface area contributed by atoms with Gasteiger partial charge in [0, 0.05) is 24.3 Å². The molecule has 3 aromatic carbocycles. The fourth-order valence-corrected chi connectivity index (χ4v) is 7.12. The van der Waals surface area contributed by atoms with Crippen LogP contribution < -0.4 is 15.0 Å². The van der Waals surface area contributed by atoms with Gasteiger partial charge in [0.05, 0.1) is 11.1 Å². The average molecular weight is 569 g/mol. The predicted octanol–water partition coefficient (Wildman–Crippen LogP) is 6.38. The molecule has 0 radical (unpaired) electrons. The van der Waals surface area contributed by atoms with E-state index >= 15 is 0 Å². The van der Waals surface area contributed by atoms with Gasteiger partial charge in [0.25, 0.3) is 5.91 Å². The zero-order chi connectivity index (χ0) is 28.2. The predicted molar refractivity (Wildman–Crippen MR) is 155 cm³/mol. The molecule has 4 heterocycles. The van der Waals surface area contributed by atoms with E-state index in [-0.39, 0.29) is 24.2 Å². The van der Waals surface area contributed by atoms with Crippen LogP contribution in [0.3, 0.4) is 0 Å². The maximum Gasteiger partial charge on any atom is 0.416 e. The van der Waals surface area contributed by atoms with E-state index in [1.54, 1.807) is 11.1 Å². The molecule has 5 aromatic rings. The molecule has 6 nitrogen and oxygen atoms in total. The SMILES string of the molecule is CC1CN2CC(F)(F)Oc3c(-c4cnn(C(c5ccccc5)(c5ccccc5)c5ccccc5)c4)sc(c32)C(=O)N1. The number of carbonyl (C=O) groups is 1. The van der Waals surface area contributed by atoms with Gasteiger partial charge >= 0.3 is 6.11 Å². The van der Waals surface area contributed by atoms with Crippen LogP contribution in [-0.4, -0.2) is 40.9 Å². The lowest BCUT2D eigenvalue weighted by atomic mass is 9.77. The largest absolute Gasteiger partial charge is 0.427 e. The van der Waals surface area contributed by atoms with Crippen molar-refractivity contribution >= 4 is 22.9 Å². The second-order valence-corrected chi connectivity index (χ2v) is 11.4. The average Bonchev–Trinajstić information content (AvgIpc) is 3.57. The third-order valence-corrected chi connectivity index (χ3v) is 8.83. The molecule has 1 atom stereocenters. The van der Waals surface area contributed by atoms with Gasteiger partial charge in [0.15, 0.2) is 5.75 Å². The second-order valence-electron chi connectivity index (χ2n) is 10.4. The molecule has 2 aliphatic heterocycles. The van der Waals surface area contributed by atoms with Gasteiger partial charge in [-0.2, -0.15) is 13.9 Å². The Balaban J connectivity index is 1.46. The maximum absolute atomic E-state index is 14.9. The van der Waals surface area contributed by atoms with E-state index in [1.807, 2.05) is 72.4 Å². The fraction of sp³-hybridized carbons (Fsp3) is 0.188. The van der Waals surface area contributed by atoms with Crippen molar-refractivity contribution in [3.63, 3.8) is 0 Å². The van der Waals surface area contributed by atoms with Crippen molar-refractivity contribution in [2.75, 3.05) is 18.0 Å². The summed E-state index contributed by atoms with van der Waals surface area (Å²) in [7, 11) is 0. The van der Waals surface area contributed by atoms with Gasteiger partial charge < -0.3 is 15.0 Å². The molecule has 0 fully saturated rings. The summed E-state index contributed by atoms with van der Waals surface area (Å²) < 4.78 is 36.9. The molecular formula is C32H26F2N4O2S. The highest BCUT2D eigenvalue weighted by atomic mass is 32.1. The van der Waals surface area contributed by atoms with Crippen LogP contribution in [0.4, 0.5) is 14.5 Å². The van der Waals surface area contributed by atoms with Gasteiger partial charge in [-0.1, -0.05) is 91.0 Å². The number of benzene rings is 3. The van der Waals surface area contributed by atoms with Gasteiger partial charge in [-0.15, -0.1) is 11.3 Å². The standard InChI is InChI=1S/C32H26F2N4O2S/c1-21-18-37-20-31(33,34)40-27-26(37)29(30(39)36-21)41-28(27)22-17-35-38(19-22)32(23-11-5-2-6-12-23,24-13-7-3-8-14-24)25-15-9-4-10-16-25/h2-17,19,21H,18,20H2,1H3,(H,36,39). The molecule has 0 saturated carbocycles. The minimum atomic E-state index is -3.40. The van der Waals surface area contributed by atoms with Crippen LogP contribution in [-0.2, 0) is 5.54 Å². The topological polar surface area (TPSA) is 59.4 Å². The van der Waals surface area contributed by atoms with E-state index in [1.165, 1.54) is 0 Å². The molecule has 41 heavy (non-hydrogen) atoms. The first kappa shape index (κ1) is 25.5. The molecule has 0 bridgehead atoms. The number of ether oxygens (including phenoxy) is 1. The summed E-state index contributed by atoms with van der Waals surface area (Å²) in [5.74, 6) is -0.268. The highest BCUT2D eigenvalue weighted by molar-refractivity contribution is 7.18. The lowest BCUT2D eigenvalue weighted by molar-refractivity contribution is -0.171. The van der Waals surface area contributed by atoms with Crippen molar-refractivity contribution in [3.8, 4) is 16.2 Å². The van der Waals surface area contributed by atoms with Crippen LogP contribution in [0.5, 0.6) is 5.75 Å². The first-order chi connectivity index (χ1) is 19.9. The maximum atomic E-state index is 14.9. The Morgan fingerprint density at radius 1 is 0.927 bits per heavy atom. The number of halogens is 2. The van der Waals surface area contributed by atoms with E-state index in [4.69, 9.17) is 9.84 Å². The Labute approximate surface area is 239 Å². The lowest BCUT2D eigenvalue weighted by Crippen LogP contribution is -2.48. The number of nitrogens with one attached hydrogen (secondary N) is 1. The molecule has 0 saturated heterocycles. The summed E-state index contributed by atoms with van der Waals surface area (Å²) >= 11 is 1.15. The molecule has 2 aromatic heterocycles. The summed E-state index contributed by atoms with van der Waals surface area (Å²) in [6, 6.07) is 29.9. The van der Waals surface area contributed by atoms with Crippen molar-refractivity contribution in [1.29, 1.82) is 0 Å². The van der Waals surface area contributed by atoms with Gasteiger partial charge in [-0.3, -0.25) is 9.48 Å². The molecule has 1 unspecified atom stereocenters. The first-order valence-corrected chi connectivity index (χ1v) is 14.2. The number of alkyl halides is 2. The number of aromatic nitrogens is 2. The normalized spacial score (nSPS) is 17.8. The Morgan fingerprint density at radius 3 is 2.05 bits per heavy atom. The van der Waals surface area contributed by atoms with E-state index in [0.717, 1.165) is 28.0 Å².